The fraction of sp³-hybridized carbons (Fsp3) is 0.435. The third-order valence-corrected chi connectivity index (χ3v) is 7.06. The van der Waals surface area contributed by atoms with Crippen molar-refractivity contribution in [3.8, 4) is 21.8 Å². The minimum Gasteiger partial charge on any atom is -0.351 e. The van der Waals surface area contributed by atoms with Crippen LogP contribution in [0.1, 0.15) is 44.9 Å². The van der Waals surface area contributed by atoms with Gasteiger partial charge in [-0.2, -0.15) is 0 Å². The Hall–Kier alpha value is -2.54. The monoisotopic (exact) mass is 423 g/mol. The van der Waals surface area contributed by atoms with Gasteiger partial charge < -0.3 is 10.2 Å². The van der Waals surface area contributed by atoms with E-state index in [4.69, 9.17) is 9.97 Å². The molecule has 0 amide bonds. The van der Waals surface area contributed by atoms with Gasteiger partial charge in [0.05, 0.1) is 16.3 Å². The zero-order valence-electron chi connectivity index (χ0n) is 17.0. The molecular formula is C23H26FN5S. The molecule has 0 spiro atoms. The van der Waals surface area contributed by atoms with Crippen LogP contribution in [-0.4, -0.2) is 34.1 Å². The molecule has 1 aromatic carbocycles. The molecule has 5 nitrogen and oxygen atoms in total. The van der Waals surface area contributed by atoms with Crippen molar-refractivity contribution in [1.82, 2.24) is 15.0 Å². The number of aromatic nitrogens is 3. The molecule has 2 fully saturated rings. The number of hydrogen-bond acceptors (Lipinski definition) is 6. The summed E-state index contributed by atoms with van der Waals surface area (Å²) in [5.74, 6) is 0.412. The van der Waals surface area contributed by atoms with Gasteiger partial charge in [-0.15, -0.1) is 0 Å². The van der Waals surface area contributed by atoms with E-state index >= 15 is 0 Å². The summed E-state index contributed by atoms with van der Waals surface area (Å²) in [6, 6.07) is 9.05. The lowest BCUT2D eigenvalue weighted by molar-refractivity contribution is 0.577. The first-order chi connectivity index (χ1) is 14.8. The van der Waals surface area contributed by atoms with Crippen LogP contribution in [0.4, 0.5) is 15.5 Å². The first-order valence-corrected chi connectivity index (χ1v) is 11.7. The highest BCUT2D eigenvalue weighted by Gasteiger charge is 2.22. The van der Waals surface area contributed by atoms with E-state index in [-0.39, 0.29) is 5.82 Å². The van der Waals surface area contributed by atoms with Crippen LogP contribution < -0.4 is 10.2 Å². The second kappa shape index (κ2) is 8.68. The predicted octanol–water partition coefficient (Wildman–Crippen LogP) is 5.75. The number of nitrogens with one attached hydrogen (secondary N) is 1. The summed E-state index contributed by atoms with van der Waals surface area (Å²) in [6.45, 7) is 2.04. The van der Waals surface area contributed by atoms with Crippen molar-refractivity contribution in [3.63, 3.8) is 0 Å². The molecule has 30 heavy (non-hydrogen) atoms. The number of rotatable bonds is 5. The van der Waals surface area contributed by atoms with Crippen LogP contribution >= 0.6 is 11.3 Å². The Morgan fingerprint density at radius 3 is 2.63 bits per heavy atom. The maximum Gasteiger partial charge on any atom is 0.223 e. The summed E-state index contributed by atoms with van der Waals surface area (Å²) < 4.78 is 14.0. The maximum atomic E-state index is 14.0. The Morgan fingerprint density at radius 2 is 1.83 bits per heavy atom. The van der Waals surface area contributed by atoms with Gasteiger partial charge in [-0.3, -0.25) is 0 Å². The van der Waals surface area contributed by atoms with Crippen molar-refractivity contribution >= 4 is 22.4 Å². The molecule has 5 rings (SSSR count). The molecule has 0 atom stereocenters. The van der Waals surface area contributed by atoms with Crippen LogP contribution in [0.2, 0.25) is 0 Å². The van der Waals surface area contributed by atoms with Gasteiger partial charge in [-0.1, -0.05) is 36.3 Å². The van der Waals surface area contributed by atoms with Crippen LogP contribution in [0, 0.1) is 5.82 Å². The van der Waals surface area contributed by atoms with E-state index in [0.29, 0.717) is 12.0 Å². The molecule has 0 bridgehead atoms. The summed E-state index contributed by atoms with van der Waals surface area (Å²) in [4.78, 5) is 17.5. The molecule has 2 aromatic heterocycles. The van der Waals surface area contributed by atoms with Crippen molar-refractivity contribution in [1.29, 1.82) is 0 Å². The summed E-state index contributed by atoms with van der Waals surface area (Å²) in [6.07, 6.45) is 10.3. The maximum absolute atomic E-state index is 14.0. The Balaban J connectivity index is 1.53. The molecule has 1 saturated heterocycles. The molecule has 2 aliphatic rings. The van der Waals surface area contributed by atoms with Crippen molar-refractivity contribution in [3.05, 3.63) is 42.3 Å². The number of nitrogens with zero attached hydrogens (tertiary/aromatic N) is 4. The zero-order valence-corrected chi connectivity index (χ0v) is 17.8. The number of anilines is 2. The highest BCUT2D eigenvalue weighted by atomic mass is 32.1. The molecule has 0 radical (unpaired) electrons. The molecule has 1 N–H and O–H groups in total. The first-order valence-electron chi connectivity index (χ1n) is 10.9. The van der Waals surface area contributed by atoms with Crippen LogP contribution in [0.25, 0.3) is 21.8 Å². The molecule has 1 saturated carbocycles. The Labute approximate surface area is 180 Å². The van der Waals surface area contributed by atoms with Gasteiger partial charge in [0.25, 0.3) is 0 Å². The number of hydrogen-bond donors (Lipinski definition) is 1. The van der Waals surface area contributed by atoms with Crippen LogP contribution in [0.15, 0.2) is 36.5 Å². The molecular weight excluding hydrogens is 397 g/mol. The largest absolute Gasteiger partial charge is 0.351 e. The molecule has 0 unspecified atom stereocenters. The summed E-state index contributed by atoms with van der Waals surface area (Å²) in [7, 11) is 0. The average Bonchev–Trinajstić information content (AvgIpc) is 3.45. The minimum absolute atomic E-state index is 0.253. The topological polar surface area (TPSA) is 53.9 Å². The van der Waals surface area contributed by atoms with Crippen molar-refractivity contribution < 1.29 is 4.39 Å². The third kappa shape index (κ3) is 4.17. The van der Waals surface area contributed by atoms with E-state index in [2.05, 4.69) is 15.2 Å². The fourth-order valence-electron chi connectivity index (χ4n) is 4.34. The molecule has 3 aromatic rings. The highest BCUT2D eigenvalue weighted by Crippen LogP contribution is 2.40. The van der Waals surface area contributed by atoms with Gasteiger partial charge in [-0.05, 0) is 50.3 Å². The van der Waals surface area contributed by atoms with E-state index in [1.54, 1.807) is 29.7 Å². The Kier molecular flexibility index (Phi) is 5.62. The molecule has 156 valence electrons. The van der Waals surface area contributed by atoms with E-state index < -0.39 is 0 Å². The van der Waals surface area contributed by atoms with Crippen molar-refractivity contribution in [2.45, 2.75) is 51.0 Å². The second-order valence-electron chi connectivity index (χ2n) is 8.12. The lowest BCUT2D eigenvalue weighted by atomic mass is 10.1. The Bertz CT molecular complexity index is 1010. The number of piperidine rings is 1. The number of thiazole rings is 1. The van der Waals surface area contributed by atoms with Crippen LogP contribution in [-0.2, 0) is 0 Å². The second-order valence-corrected chi connectivity index (χ2v) is 9.10. The van der Waals surface area contributed by atoms with Crippen LogP contribution in [0.3, 0.4) is 0 Å². The lowest BCUT2D eigenvalue weighted by Crippen LogP contribution is -2.29. The fourth-order valence-corrected chi connectivity index (χ4v) is 5.45. The smallest absolute Gasteiger partial charge is 0.223 e. The van der Waals surface area contributed by atoms with E-state index in [0.717, 1.165) is 40.0 Å². The predicted molar refractivity (Wildman–Crippen MR) is 120 cm³/mol. The van der Waals surface area contributed by atoms with Gasteiger partial charge in [-0.25, -0.2) is 19.3 Å². The molecule has 3 heterocycles. The Morgan fingerprint density at radius 1 is 1.00 bits per heavy atom. The lowest BCUT2D eigenvalue weighted by Gasteiger charge is -2.25. The molecule has 7 heteroatoms. The summed E-state index contributed by atoms with van der Waals surface area (Å²) in [5.41, 5.74) is 2.42. The normalized spacial score (nSPS) is 17.4. The van der Waals surface area contributed by atoms with Crippen molar-refractivity contribution in [2.24, 2.45) is 0 Å². The first kappa shape index (κ1) is 19.4. The van der Waals surface area contributed by atoms with Crippen LogP contribution in [0.5, 0.6) is 0 Å². The van der Waals surface area contributed by atoms with Gasteiger partial charge in [0.15, 0.2) is 5.13 Å². The van der Waals surface area contributed by atoms with Crippen molar-refractivity contribution in [2.75, 3.05) is 23.3 Å². The SMILES string of the molecule is Fc1cccc(-c2nc(N3CCCCC3)sc2-c2ccnc(NC3CCCC3)n2)c1. The quantitative estimate of drug-likeness (QED) is 0.566. The van der Waals surface area contributed by atoms with Gasteiger partial charge >= 0.3 is 0 Å². The van der Waals surface area contributed by atoms with Gasteiger partial charge in [0.2, 0.25) is 5.95 Å². The zero-order chi connectivity index (χ0) is 20.3. The molecule has 1 aliphatic carbocycles. The molecule has 1 aliphatic heterocycles. The van der Waals surface area contributed by atoms with E-state index in [1.807, 2.05) is 12.1 Å². The standard InChI is InChI=1S/C23H26FN5S/c24-17-8-6-7-16(15-17)20-21(30-23(28-20)29-13-4-1-5-14-29)19-11-12-25-22(27-19)26-18-9-2-3-10-18/h6-8,11-12,15,18H,1-5,9-10,13-14H2,(H,25,26,27). The summed E-state index contributed by atoms with van der Waals surface area (Å²) >= 11 is 1.65. The third-order valence-electron chi connectivity index (χ3n) is 5.92. The van der Waals surface area contributed by atoms with Gasteiger partial charge in [0.1, 0.15) is 5.82 Å². The van der Waals surface area contributed by atoms with E-state index in [9.17, 15) is 4.39 Å². The van der Waals surface area contributed by atoms with Gasteiger partial charge in [0, 0.05) is 30.9 Å². The average molecular weight is 424 g/mol. The van der Waals surface area contributed by atoms with E-state index in [1.165, 1.54) is 51.0 Å². The minimum atomic E-state index is -0.253. The number of benzene rings is 1. The summed E-state index contributed by atoms with van der Waals surface area (Å²) in [5, 5.41) is 4.47. The highest BCUT2D eigenvalue weighted by molar-refractivity contribution is 7.19. The number of halogens is 1.